The fourth-order valence-corrected chi connectivity index (χ4v) is 5.93. The van der Waals surface area contributed by atoms with Crippen molar-refractivity contribution in [3.05, 3.63) is 34.9 Å². The molecule has 1 saturated carbocycles. The van der Waals surface area contributed by atoms with Gasteiger partial charge in [-0.3, -0.25) is 9.69 Å². The van der Waals surface area contributed by atoms with Gasteiger partial charge >= 0.3 is 0 Å². The van der Waals surface area contributed by atoms with Gasteiger partial charge in [-0.2, -0.15) is 0 Å². The number of benzene rings is 1. The molecule has 2 heterocycles. The van der Waals surface area contributed by atoms with Crippen LogP contribution in [0.4, 0.5) is 0 Å². The summed E-state index contributed by atoms with van der Waals surface area (Å²) in [5.41, 5.74) is 1.56. The molecule has 2 aliphatic heterocycles. The average molecular weight is 355 g/mol. The number of allylic oxidation sites excluding steroid dienone is 1. The lowest BCUT2D eigenvalue weighted by atomic mass is 9.49. The van der Waals surface area contributed by atoms with Crippen LogP contribution in [-0.4, -0.2) is 51.7 Å². The van der Waals surface area contributed by atoms with Crippen molar-refractivity contribution in [2.75, 3.05) is 13.1 Å². The van der Waals surface area contributed by atoms with E-state index >= 15 is 0 Å². The Hall–Kier alpha value is -1.85. The van der Waals surface area contributed by atoms with E-state index < -0.39 is 17.1 Å². The first-order valence-corrected chi connectivity index (χ1v) is 9.53. The molecular weight excluding hydrogens is 330 g/mol. The molecule has 5 rings (SSSR count). The van der Waals surface area contributed by atoms with Crippen LogP contribution in [0.2, 0.25) is 0 Å². The molecule has 0 aromatic heterocycles. The van der Waals surface area contributed by atoms with Crippen molar-refractivity contribution >= 4 is 5.78 Å². The van der Waals surface area contributed by atoms with E-state index in [-0.39, 0.29) is 17.6 Å². The van der Waals surface area contributed by atoms with Crippen LogP contribution in [0, 0.1) is 0 Å². The van der Waals surface area contributed by atoms with E-state index in [1.54, 1.807) is 6.07 Å². The molecule has 0 radical (unpaired) electrons. The molecule has 4 atom stereocenters. The number of nitrogens with zero attached hydrogens (tertiary/aromatic N) is 1. The highest BCUT2D eigenvalue weighted by Crippen LogP contribution is 2.64. The molecule has 2 aliphatic carbocycles. The van der Waals surface area contributed by atoms with E-state index in [2.05, 4.69) is 24.8 Å². The molecule has 138 valence electrons. The lowest BCUT2D eigenvalue weighted by molar-refractivity contribution is -0.187. The minimum absolute atomic E-state index is 0.0333. The number of phenolic OH excluding ortho intramolecular Hbond substituents is 1. The number of hydrogen-bond acceptors (Lipinski definition) is 5. The number of rotatable bonds is 2. The predicted molar refractivity (Wildman–Crippen MR) is 96.5 cm³/mol. The van der Waals surface area contributed by atoms with Crippen LogP contribution in [0.1, 0.15) is 44.2 Å². The zero-order valence-electron chi connectivity index (χ0n) is 15.3. The van der Waals surface area contributed by atoms with Crippen LogP contribution in [0.3, 0.4) is 0 Å². The van der Waals surface area contributed by atoms with Gasteiger partial charge in [0.1, 0.15) is 0 Å². The summed E-state index contributed by atoms with van der Waals surface area (Å²) >= 11 is 0. The number of aromatic hydroxyl groups is 1. The van der Waals surface area contributed by atoms with Crippen molar-refractivity contribution < 1.29 is 19.7 Å². The predicted octanol–water partition coefficient (Wildman–Crippen LogP) is 2.08. The summed E-state index contributed by atoms with van der Waals surface area (Å²) < 4.78 is 6.03. The van der Waals surface area contributed by atoms with Crippen molar-refractivity contribution in [2.24, 2.45) is 0 Å². The number of piperidine rings is 1. The Morgan fingerprint density at radius 2 is 2.19 bits per heavy atom. The van der Waals surface area contributed by atoms with Gasteiger partial charge in [-0.05, 0) is 44.7 Å². The monoisotopic (exact) mass is 355 g/mol. The van der Waals surface area contributed by atoms with Gasteiger partial charge in [-0.25, -0.2) is 0 Å². The van der Waals surface area contributed by atoms with Gasteiger partial charge in [0.05, 0.1) is 11.0 Å². The molecule has 1 aromatic carbocycles. The second-order valence-corrected chi connectivity index (χ2v) is 8.55. The summed E-state index contributed by atoms with van der Waals surface area (Å²) in [6.07, 6.45) is 3.74. The van der Waals surface area contributed by atoms with Gasteiger partial charge in [0.15, 0.2) is 23.4 Å². The molecular formula is C21H25NO4. The minimum Gasteiger partial charge on any atom is -0.504 e. The zero-order valence-corrected chi connectivity index (χ0v) is 15.3. The Balaban J connectivity index is 1.71. The molecule has 0 amide bonds. The van der Waals surface area contributed by atoms with Gasteiger partial charge in [0, 0.05) is 31.1 Å². The number of phenols is 1. The summed E-state index contributed by atoms with van der Waals surface area (Å²) in [6.45, 7) is 5.81. The number of carbonyl (C=O) groups excluding carboxylic acids is 1. The molecule has 1 unspecified atom stereocenters. The lowest BCUT2D eigenvalue weighted by Crippen LogP contribution is -2.76. The molecule has 2 bridgehead atoms. The second-order valence-electron chi connectivity index (χ2n) is 8.55. The smallest absolute Gasteiger partial charge is 0.174 e. The van der Waals surface area contributed by atoms with Gasteiger partial charge in [0.2, 0.25) is 0 Å². The normalized spacial score (nSPS) is 37.1. The quantitative estimate of drug-likeness (QED) is 0.795. The summed E-state index contributed by atoms with van der Waals surface area (Å²) in [7, 11) is 0. The number of ether oxygens (including phenoxy) is 1. The first kappa shape index (κ1) is 16.3. The highest BCUT2D eigenvalue weighted by atomic mass is 16.5. The summed E-state index contributed by atoms with van der Waals surface area (Å²) in [5.74, 6) is 0.556. The Morgan fingerprint density at radius 3 is 2.96 bits per heavy atom. The fourth-order valence-electron chi connectivity index (χ4n) is 5.93. The van der Waals surface area contributed by atoms with E-state index in [1.807, 2.05) is 6.07 Å². The average Bonchev–Trinajstić information content (AvgIpc) is 2.95. The van der Waals surface area contributed by atoms with Crippen LogP contribution >= 0.6 is 0 Å². The summed E-state index contributed by atoms with van der Waals surface area (Å²) in [5, 5.41) is 22.3. The minimum atomic E-state index is -0.995. The van der Waals surface area contributed by atoms with Crippen molar-refractivity contribution in [1.82, 2.24) is 4.90 Å². The first-order chi connectivity index (χ1) is 12.4. The third-order valence-electron chi connectivity index (χ3n) is 7.10. The standard InChI is InChI=1S/C21H25NO4/c1-12(2)6-9-22-10-8-20-17-13-3-4-14(23)18(17)26-19(20)15(24)5-7-21(20,25)16(22)11-13/h3-4,6,16,19,23,25H,5,7-11H2,1-2H3/t16-,19?,20+,21-/m1/s1. The third kappa shape index (κ3) is 1.75. The molecule has 1 saturated heterocycles. The van der Waals surface area contributed by atoms with Crippen molar-refractivity contribution in [2.45, 2.75) is 62.7 Å². The number of hydrogen-bond donors (Lipinski definition) is 2. The Labute approximate surface area is 153 Å². The molecule has 1 aromatic rings. The van der Waals surface area contributed by atoms with E-state index in [0.717, 1.165) is 30.6 Å². The second kappa shape index (κ2) is 5.11. The van der Waals surface area contributed by atoms with Gasteiger partial charge in [-0.15, -0.1) is 0 Å². The van der Waals surface area contributed by atoms with Gasteiger partial charge < -0.3 is 14.9 Å². The van der Waals surface area contributed by atoms with Crippen LogP contribution < -0.4 is 4.74 Å². The van der Waals surface area contributed by atoms with Crippen LogP contribution in [0.25, 0.3) is 0 Å². The Bertz CT molecular complexity index is 843. The van der Waals surface area contributed by atoms with Crippen molar-refractivity contribution in [3.63, 3.8) is 0 Å². The molecule has 5 nitrogen and oxygen atoms in total. The van der Waals surface area contributed by atoms with Crippen molar-refractivity contribution in [1.29, 1.82) is 0 Å². The molecule has 26 heavy (non-hydrogen) atoms. The Kier molecular flexibility index (Phi) is 3.21. The van der Waals surface area contributed by atoms with Gasteiger partial charge in [-0.1, -0.05) is 17.7 Å². The summed E-state index contributed by atoms with van der Waals surface area (Å²) in [6, 6.07) is 3.57. The highest BCUT2D eigenvalue weighted by molar-refractivity contribution is 5.90. The van der Waals surface area contributed by atoms with E-state index in [9.17, 15) is 15.0 Å². The number of Topliss-reactive ketones (excluding diaryl/α,β-unsaturated/α-hetero) is 1. The molecule has 5 heteroatoms. The maximum atomic E-state index is 12.7. The molecule has 1 spiro atoms. The summed E-state index contributed by atoms with van der Waals surface area (Å²) in [4.78, 5) is 15.1. The van der Waals surface area contributed by atoms with E-state index in [1.165, 1.54) is 5.57 Å². The molecule has 2 N–H and O–H groups in total. The third-order valence-corrected chi connectivity index (χ3v) is 7.10. The molecule has 4 aliphatic rings. The van der Waals surface area contributed by atoms with E-state index in [0.29, 0.717) is 25.0 Å². The fraction of sp³-hybridized carbons (Fsp3) is 0.571. The Morgan fingerprint density at radius 1 is 1.38 bits per heavy atom. The first-order valence-electron chi connectivity index (χ1n) is 9.53. The van der Waals surface area contributed by atoms with Crippen molar-refractivity contribution in [3.8, 4) is 11.5 Å². The number of aliphatic hydroxyl groups is 1. The lowest BCUT2D eigenvalue weighted by Gasteiger charge is -2.62. The largest absolute Gasteiger partial charge is 0.504 e. The van der Waals surface area contributed by atoms with Crippen LogP contribution in [0.15, 0.2) is 23.8 Å². The number of carbonyl (C=O) groups is 1. The maximum Gasteiger partial charge on any atom is 0.174 e. The molecule has 2 fully saturated rings. The highest BCUT2D eigenvalue weighted by Gasteiger charge is 2.73. The topological polar surface area (TPSA) is 70.0 Å². The van der Waals surface area contributed by atoms with E-state index in [4.69, 9.17) is 4.74 Å². The maximum absolute atomic E-state index is 12.7. The zero-order chi connectivity index (χ0) is 18.3. The van der Waals surface area contributed by atoms with Crippen LogP contribution in [-0.2, 0) is 16.6 Å². The number of likely N-dealkylation sites (tertiary alicyclic amines) is 1. The van der Waals surface area contributed by atoms with Gasteiger partial charge in [0.25, 0.3) is 0 Å². The van der Waals surface area contributed by atoms with Crippen LogP contribution in [0.5, 0.6) is 11.5 Å². The number of ketones is 1. The SMILES string of the molecule is CC(C)=CCN1CC[C@]23c4c5ccc(O)c4OC2C(=O)CC[C@@]3(O)[C@H]1C5.